The summed E-state index contributed by atoms with van der Waals surface area (Å²) in [5.41, 5.74) is 2.61. The van der Waals surface area contributed by atoms with Gasteiger partial charge in [0.05, 0.1) is 17.8 Å². The molecule has 1 aromatic carbocycles. The van der Waals surface area contributed by atoms with Crippen LogP contribution in [0.15, 0.2) is 42.7 Å². The highest BCUT2D eigenvalue weighted by Gasteiger charge is 2.24. The van der Waals surface area contributed by atoms with Crippen LogP contribution in [0, 0.1) is 17.1 Å². The topological polar surface area (TPSA) is 43.2 Å². The van der Waals surface area contributed by atoms with Gasteiger partial charge in [0.1, 0.15) is 5.82 Å². The van der Waals surface area contributed by atoms with Gasteiger partial charge in [0.2, 0.25) is 0 Å². The van der Waals surface area contributed by atoms with Crippen LogP contribution in [0.25, 0.3) is 0 Å². The van der Waals surface area contributed by atoms with Gasteiger partial charge in [-0.25, -0.2) is 4.39 Å². The van der Waals surface area contributed by atoms with Crippen molar-refractivity contribution in [1.82, 2.24) is 14.8 Å². The molecule has 0 saturated carbocycles. The Kier molecular flexibility index (Phi) is 5.19. The van der Waals surface area contributed by atoms with Gasteiger partial charge in [-0.05, 0) is 30.7 Å². The SMILES string of the molecule is CC1CN(Cc2ccc(C#N)cc2)CCN1Cc1ccncc1F. The van der Waals surface area contributed by atoms with Gasteiger partial charge in [-0.2, -0.15) is 5.26 Å². The number of pyridine rings is 1. The van der Waals surface area contributed by atoms with Gasteiger partial charge in [-0.15, -0.1) is 0 Å². The van der Waals surface area contributed by atoms with Crippen LogP contribution in [0.3, 0.4) is 0 Å². The van der Waals surface area contributed by atoms with Crippen LogP contribution in [0.4, 0.5) is 4.39 Å². The number of halogens is 1. The van der Waals surface area contributed by atoms with Crippen LogP contribution >= 0.6 is 0 Å². The van der Waals surface area contributed by atoms with Crippen LogP contribution < -0.4 is 0 Å². The quantitative estimate of drug-likeness (QED) is 0.867. The molecule has 0 amide bonds. The van der Waals surface area contributed by atoms with E-state index in [-0.39, 0.29) is 5.82 Å². The van der Waals surface area contributed by atoms with Crippen molar-refractivity contribution in [3.63, 3.8) is 0 Å². The number of hydrogen-bond acceptors (Lipinski definition) is 4. The Morgan fingerprint density at radius 1 is 1.21 bits per heavy atom. The van der Waals surface area contributed by atoms with E-state index in [9.17, 15) is 4.39 Å². The fourth-order valence-electron chi connectivity index (χ4n) is 3.14. The number of benzene rings is 1. The van der Waals surface area contributed by atoms with Crippen LogP contribution in [-0.2, 0) is 13.1 Å². The lowest BCUT2D eigenvalue weighted by Crippen LogP contribution is -2.51. The lowest BCUT2D eigenvalue weighted by atomic mass is 10.1. The van der Waals surface area contributed by atoms with E-state index in [1.165, 1.54) is 11.8 Å². The number of aromatic nitrogens is 1. The van der Waals surface area contributed by atoms with E-state index in [2.05, 4.69) is 27.8 Å². The second kappa shape index (κ2) is 7.52. The zero-order valence-corrected chi connectivity index (χ0v) is 13.8. The zero-order valence-electron chi connectivity index (χ0n) is 13.8. The molecule has 0 bridgehead atoms. The van der Waals surface area contributed by atoms with Crippen LogP contribution in [0.2, 0.25) is 0 Å². The first-order valence-corrected chi connectivity index (χ1v) is 8.19. The smallest absolute Gasteiger partial charge is 0.145 e. The molecule has 1 aromatic heterocycles. The van der Waals surface area contributed by atoms with Crippen molar-refractivity contribution < 1.29 is 4.39 Å². The van der Waals surface area contributed by atoms with Crippen LogP contribution in [0.1, 0.15) is 23.6 Å². The Bertz CT molecular complexity index is 723. The monoisotopic (exact) mass is 324 g/mol. The molecule has 1 saturated heterocycles. The summed E-state index contributed by atoms with van der Waals surface area (Å²) in [5, 5.41) is 8.86. The number of rotatable bonds is 4. The number of hydrogen-bond donors (Lipinski definition) is 0. The third-order valence-electron chi connectivity index (χ3n) is 4.57. The fraction of sp³-hybridized carbons (Fsp3) is 0.368. The minimum Gasteiger partial charge on any atom is -0.296 e. The van der Waals surface area contributed by atoms with E-state index in [1.807, 2.05) is 24.3 Å². The Hall–Kier alpha value is -2.29. The third kappa shape index (κ3) is 3.97. The molecular formula is C19H21FN4. The van der Waals surface area contributed by atoms with E-state index in [0.29, 0.717) is 23.7 Å². The Morgan fingerprint density at radius 2 is 2.00 bits per heavy atom. The molecule has 0 radical (unpaired) electrons. The molecule has 4 nitrogen and oxygen atoms in total. The molecule has 0 aliphatic carbocycles. The molecule has 0 spiro atoms. The lowest BCUT2D eigenvalue weighted by Gasteiger charge is -2.40. The third-order valence-corrected chi connectivity index (χ3v) is 4.57. The number of nitrogens with zero attached hydrogens (tertiary/aromatic N) is 4. The average Bonchev–Trinajstić information content (AvgIpc) is 2.60. The second-order valence-electron chi connectivity index (χ2n) is 6.33. The Morgan fingerprint density at radius 3 is 2.67 bits per heavy atom. The van der Waals surface area contributed by atoms with Crippen molar-refractivity contribution in [2.75, 3.05) is 19.6 Å². The van der Waals surface area contributed by atoms with Gasteiger partial charge in [0.15, 0.2) is 0 Å². The summed E-state index contributed by atoms with van der Waals surface area (Å²) < 4.78 is 13.8. The second-order valence-corrected chi connectivity index (χ2v) is 6.33. The highest BCUT2D eigenvalue weighted by Crippen LogP contribution is 2.17. The molecule has 1 aliphatic heterocycles. The van der Waals surface area contributed by atoms with E-state index in [0.717, 1.165) is 26.2 Å². The van der Waals surface area contributed by atoms with Gasteiger partial charge in [0.25, 0.3) is 0 Å². The summed E-state index contributed by atoms with van der Waals surface area (Å²) in [5.74, 6) is -0.232. The molecule has 1 aliphatic rings. The van der Waals surface area contributed by atoms with Crippen molar-refractivity contribution in [2.45, 2.75) is 26.1 Å². The zero-order chi connectivity index (χ0) is 16.9. The lowest BCUT2D eigenvalue weighted by molar-refractivity contribution is 0.0724. The van der Waals surface area contributed by atoms with Gasteiger partial charge in [0, 0.05) is 50.5 Å². The van der Waals surface area contributed by atoms with Crippen molar-refractivity contribution >= 4 is 0 Å². The highest BCUT2D eigenvalue weighted by atomic mass is 19.1. The first kappa shape index (κ1) is 16.6. The molecule has 1 unspecified atom stereocenters. The summed E-state index contributed by atoms with van der Waals surface area (Å²) in [4.78, 5) is 8.53. The molecule has 124 valence electrons. The van der Waals surface area contributed by atoms with E-state index in [1.54, 1.807) is 12.3 Å². The molecule has 1 fully saturated rings. The maximum absolute atomic E-state index is 13.8. The first-order valence-electron chi connectivity index (χ1n) is 8.19. The van der Waals surface area contributed by atoms with Crippen molar-refractivity contribution in [3.05, 3.63) is 65.2 Å². The maximum Gasteiger partial charge on any atom is 0.145 e. The van der Waals surface area contributed by atoms with Crippen LogP contribution in [0.5, 0.6) is 0 Å². The summed E-state index contributed by atoms with van der Waals surface area (Å²) in [7, 11) is 0. The van der Waals surface area contributed by atoms with E-state index < -0.39 is 0 Å². The maximum atomic E-state index is 13.8. The minimum atomic E-state index is -0.232. The molecule has 1 atom stereocenters. The molecule has 24 heavy (non-hydrogen) atoms. The van der Waals surface area contributed by atoms with Crippen molar-refractivity contribution in [1.29, 1.82) is 5.26 Å². The molecule has 3 rings (SSSR count). The van der Waals surface area contributed by atoms with Crippen LogP contribution in [-0.4, -0.2) is 40.5 Å². The van der Waals surface area contributed by atoms with E-state index in [4.69, 9.17) is 5.26 Å². The molecule has 5 heteroatoms. The van der Waals surface area contributed by atoms with Gasteiger partial charge in [-0.3, -0.25) is 14.8 Å². The number of nitriles is 1. The Labute approximate surface area is 142 Å². The molecule has 0 N–H and O–H groups in total. The molecular weight excluding hydrogens is 303 g/mol. The predicted molar refractivity (Wildman–Crippen MR) is 90.5 cm³/mol. The predicted octanol–water partition coefficient (Wildman–Crippen LogP) is 2.80. The summed E-state index contributed by atoms with van der Waals surface area (Å²) in [6, 6.07) is 12.0. The summed E-state index contributed by atoms with van der Waals surface area (Å²) in [6.45, 7) is 6.51. The Balaban J connectivity index is 1.57. The van der Waals surface area contributed by atoms with Crippen molar-refractivity contribution in [2.24, 2.45) is 0 Å². The van der Waals surface area contributed by atoms with Gasteiger partial charge in [-0.1, -0.05) is 12.1 Å². The summed E-state index contributed by atoms with van der Waals surface area (Å²) >= 11 is 0. The number of piperazine rings is 1. The van der Waals surface area contributed by atoms with Gasteiger partial charge < -0.3 is 0 Å². The minimum absolute atomic E-state index is 0.232. The fourth-order valence-corrected chi connectivity index (χ4v) is 3.14. The normalized spacial score (nSPS) is 19.1. The van der Waals surface area contributed by atoms with Gasteiger partial charge >= 0.3 is 0 Å². The first-order chi connectivity index (χ1) is 11.7. The molecule has 2 aromatic rings. The largest absolute Gasteiger partial charge is 0.296 e. The standard InChI is InChI=1S/C19H21FN4/c1-15-12-23(13-17-4-2-16(10-21)3-5-17)8-9-24(15)14-18-6-7-22-11-19(18)20/h2-7,11,15H,8-9,12-14H2,1H3. The van der Waals surface area contributed by atoms with Crippen molar-refractivity contribution in [3.8, 4) is 6.07 Å². The average molecular weight is 324 g/mol. The highest BCUT2D eigenvalue weighted by molar-refractivity contribution is 5.31. The molecule has 2 heterocycles. The van der Waals surface area contributed by atoms with E-state index >= 15 is 0 Å². The summed E-state index contributed by atoms with van der Waals surface area (Å²) in [6.07, 6.45) is 2.92.